The van der Waals surface area contributed by atoms with Gasteiger partial charge in [-0.2, -0.15) is 10.5 Å². The van der Waals surface area contributed by atoms with E-state index in [-0.39, 0.29) is 18.8 Å². The summed E-state index contributed by atoms with van der Waals surface area (Å²) >= 11 is 6.99. The van der Waals surface area contributed by atoms with E-state index in [1.165, 1.54) is 36.0 Å². The molecular weight excluding hydrogens is 708 g/mol. The average molecular weight is 759 g/mol. The topological polar surface area (TPSA) is 111 Å². The Balaban J connectivity index is 1.07. The van der Waals surface area contributed by atoms with Crippen molar-refractivity contribution in [2.24, 2.45) is 0 Å². The molecule has 55 heavy (non-hydrogen) atoms. The summed E-state index contributed by atoms with van der Waals surface area (Å²) in [5.74, 6) is 2.14. The van der Waals surface area contributed by atoms with Gasteiger partial charge in [0, 0.05) is 43.9 Å². The van der Waals surface area contributed by atoms with Crippen LogP contribution < -0.4 is 19.5 Å². The van der Waals surface area contributed by atoms with Gasteiger partial charge in [0.15, 0.2) is 0 Å². The second-order valence-electron chi connectivity index (χ2n) is 15.3. The number of aliphatic hydroxyl groups excluding tert-OH is 1. The predicted molar refractivity (Wildman–Crippen MR) is 215 cm³/mol. The second kappa shape index (κ2) is 18.4. The summed E-state index contributed by atoms with van der Waals surface area (Å²) in [6.45, 7) is 6.49. The molecule has 1 heterocycles. The molecule has 286 valence electrons. The quantitative estimate of drug-likeness (QED) is 0.123. The van der Waals surface area contributed by atoms with Crippen LogP contribution in [0.4, 0.5) is 0 Å². The van der Waals surface area contributed by atoms with Gasteiger partial charge >= 0.3 is 0 Å². The number of benzene rings is 4. The van der Waals surface area contributed by atoms with E-state index in [1.807, 2.05) is 12.1 Å². The standard InChI is InChI=1S/C46H51ClN4O4/c1-31-38(10-6-13-43(31)53-21-7-18-51-19-16-37(52)17-20-51)39-11-5-12-41-40(39)14-15-44(41)55-46-26-45(54-30-34-23-32(27-48)22-33(24-34)28-49)35(25-42(46)47)29-50-36-8-3-2-4-9-36/h5-6,10-13,22-26,36-37,44,50,52H,2-4,7-9,14-21,29-30H2,1H3/t44-/m0/s1. The Morgan fingerprint density at radius 3 is 2.35 bits per heavy atom. The van der Waals surface area contributed by atoms with Crippen molar-refractivity contribution in [3.63, 3.8) is 0 Å². The van der Waals surface area contributed by atoms with Crippen LogP contribution in [0.1, 0.15) is 103 Å². The fourth-order valence-corrected chi connectivity index (χ4v) is 8.62. The van der Waals surface area contributed by atoms with E-state index in [4.69, 9.17) is 25.8 Å². The summed E-state index contributed by atoms with van der Waals surface area (Å²) in [5, 5.41) is 33.1. The lowest BCUT2D eigenvalue weighted by atomic mass is 9.93. The van der Waals surface area contributed by atoms with Crippen molar-refractivity contribution in [3.05, 3.63) is 111 Å². The van der Waals surface area contributed by atoms with E-state index >= 15 is 0 Å². The van der Waals surface area contributed by atoms with Crippen molar-refractivity contribution in [2.75, 3.05) is 26.2 Å². The third-order valence-electron chi connectivity index (χ3n) is 11.4. The Morgan fingerprint density at radius 1 is 0.836 bits per heavy atom. The van der Waals surface area contributed by atoms with Crippen LogP contribution in [0.2, 0.25) is 5.02 Å². The summed E-state index contributed by atoms with van der Waals surface area (Å²) in [4.78, 5) is 2.42. The zero-order valence-corrected chi connectivity index (χ0v) is 32.5. The van der Waals surface area contributed by atoms with Crippen molar-refractivity contribution >= 4 is 11.6 Å². The molecule has 3 aliphatic rings. The zero-order valence-electron chi connectivity index (χ0n) is 31.8. The van der Waals surface area contributed by atoms with E-state index in [9.17, 15) is 15.6 Å². The first-order valence-electron chi connectivity index (χ1n) is 19.9. The van der Waals surface area contributed by atoms with Gasteiger partial charge in [-0.25, -0.2) is 0 Å². The lowest BCUT2D eigenvalue weighted by Gasteiger charge is -2.29. The van der Waals surface area contributed by atoms with Crippen LogP contribution in [0.5, 0.6) is 17.2 Å². The minimum absolute atomic E-state index is 0.151. The first-order chi connectivity index (χ1) is 26.9. The predicted octanol–water partition coefficient (Wildman–Crippen LogP) is 9.35. The number of rotatable bonds is 14. The second-order valence-corrected chi connectivity index (χ2v) is 15.7. The van der Waals surface area contributed by atoms with Gasteiger partial charge in [-0.1, -0.05) is 61.2 Å². The number of nitrogens with zero attached hydrogens (tertiary/aromatic N) is 3. The van der Waals surface area contributed by atoms with Crippen LogP contribution in [-0.4, -0.2) is 48.4 Å². The summed E-state index contributed by atoms with van der Waals surface area (Å²) in [6.07, 6.45) is 10.1. The number of hydrogen-bond donors (Lipinski definition) is 2. The summed E-state index contributed by atoms with van der Waals surface area (Å²) < 4.78 is 19.5. The molecule has 1 saturated carbocycles. The first-order valence-corrected chi connectivity index (χ1v) is 20.3. The van der Waals surface area contributed by atoms with E-state index in [0.29, 0.717) is 46.8 Å². The van der Waals surface area contributed by atoms with Crippen molar-refractivity contribution in [2.45, 2.75) is 103 Å². The molecule has 8 nitrogen and oxygen atoms in total. The van der Waals surface area contributed by atoms with Crippen molar-refractivity contribution in [3.8, 4) is 40.5 Å². The maximum absolute atomic E-state index is 9.81. The number of fused-ring (bicyclic) bond motifs is 1. The molecule has 1 atom stereocenters. The molecule has 2 N–H and O–H groups in total. The highest BCUT2D eigenvalue weighted by Crippen LogP contribution is 2.44. The minimum Gasteiger partial charge on any atom is -0.493 e. The third kappa shape index (κ3) is 9.63. The van der Waals surface area contributed by atoms with Gasteiger partial charge in [0.1, 0.15) is 30.0 Å². The molecule has 1 saturated heterocycles. The van der Waals surface area contributed by atoms with E-state index < -0.39 is 0 Å². The highest BCUT2D eigenvalue weighted by Gasteiger charge is 2.28. The van der Waals surface area contributed by atoms with Gasteiger partial charge in [-0.05, 0) is 116 Å². The Labute approximate surface area is 330 Å². The summed E-state index contributed by atoms with van der Waals surface area (Å²) in [5.41, 5.74) is 8.50. The van der Waals surface area contributed by atoms with Crippen LogP contribution >= 0.6 is 11.6 Å². The molecule has 1 aliphatic heterocycles. The van der Waals surface area contributed by atoms with E-state index in [0.717, 1.165) is 92.6 Å². The number of nitriles is 2. The number of hydrogen-bond acceptors (Lipinski definition) is 8. The maximum Gasteiger partial charge on any atom is 0.142 e. The third-order valence-corrected chi connectivity index (χ3v) is 11.7. The molecule has 0 spiro atoms. The maximum atomic E-state index is 9.81. The fraction of sp³-hybridized carbons (Fsp3) is 0.435. The number of likely N-dealkylation sites (tertiary alicyclic amines) is 1. The van der Waals surface area contributed by atoms with Crippen LogP contribution in [0.25, 0.3) is 11.1 Å². The summed E-state index contributed by atoms with van der Waals surface area (Å²) in [6, 6.07) is 26.5. The fourth-order valence-electron chi connectivity index (χ4n) is 8.39. The van der Waals surface area contributed by atoms with Gasteiger partial charge in [0.25, 0.3) is 0 Å². The number of halogens is 1. The zero-order chi connectivity index (χ0) is 38.1. The molecule has 4 aromatic carbocycles. The van der Waals surface area contributed by atoms with Crippen LogP contribution in [-0.2, 0) is 19.6 Å². The molecule has 7 rings (SSSR count). The average Bonchev–Trinajstić information content (AvgIpc) is 3.63. The number of ether oxygens (including phenoxy) is 3. The van der Waals surface area contributed by atoms with E-state index in [1.54, 1.807) is 18.2 Å². The van der Waals surface area contributed by atoms with Gasteiger partial charge in [0.2, 0.25) is 0 Å². The SMILES string of the molecule is Cc1c(OCCCN2CCC(O)CC2)cccc1-c1cccc2c1CC[C@@H]2Oc1cc(OCc2cc(C#N)cc(C#N)c2)c(CNC2CCCCC2)cc1Cl. The van der Waals surface area contributed by atoms with Crippen molar-refractivity contribution in [1.29, 1.82) is 10.5 Å². The smallest absolute Gasteiger partial charge is 0.142 e. The van der Waals surface area contributed by atoms with Crippen LogP contribution in [0.3, 0.4) is 0 Å². The molecule has 0 aromatic heterocycles. The lowest BCUT2D eigenvalue weighted by molar-refractivity contribution is 0.0800. The molecule has 2 fully saturated rings. The Morgan fingerprint density at radius 2 is 1.58 bits per heavy atom. The molecule has 9 heteroatoms. The highest BCUT2D eigenvalue weighted by molar-refractivity contribution is 6.32. The monoisotopic (exact) mass is 758 g/mol. The first kappa shape index (κ1) is 38.7. The number of aliphatic hydroxyl groups is 1. The molecule has 0 unspecified atom stereocenters. The molecule has 0 amide bonds. The number of piperidine rings is 1. The van der Waals surface area contributed by atoms with Gasteiger partial charge < -0.3 is 29.5 Å². The van der Waals surface area contributed by atoms with Crippen LogP contribution in [0.15, 0.2) is 66.7 Å². The number of nitrogens with one attached hydrogen (secondary N) is 1. The minimum atomic E-state index is -0.173. The Bertz CT molecular complexity index is 2010. The molecular formula is C46H51ClN4O4. The van der Waals surface area contributed by atoms with Gasteiger partial charge in [0.05, 0.1) is 41.0 Å². The molecule has 2 aliphatic carbocycles. The Hall–Kier alpha value is -4.57. The van der Waals surface area contributed by atoms with Crippen molar-refractivity contribution in [1.82, 2.24) is 10.2 Å². The van der Waals surface area contributed by atoms with Gasteiger partial charge in [-0.3, -0.25) is 0 Å². The van der Waals surface area contributed by atoms with E-state index in [2.05, 4.69) is 65.7 Å². The highest BCUT2D eigenvalue weighted by atomic mass is 35.5. The largest absolute Gasteiger partial charge is 0.493 e. The molecule has 0 radical (unpaired) electrons. The normalized spacial score (nSPS) is 17.7. The lowest BCUT2D eigenvalue weighted by Crippen LogP contribution is -2.36. The van der Waals surface area contributed by atoms with Gasteiger partial charge in [-0.15, -0.1) is 0 Å². The van der Waals surface area contributed by atoms with Crippen LogP contribution in [0, 0.1) is 29.6 Å². The molecule has 0 bridgehead atoms. The molecule has 4 aromatic rings. The van der Waals surface area contributed by atoms with Crippen molar-refractivity contribution < 1.29 is 19.3 Å². The summed E-state index contributed by atoms with van der Waals surface area (Å²) in [7, 11) is 0. The Kier molecular flexibility index (Phi) is 12.9.